The second kappa shape index (κ2) is 4.73. The van der Waals surface area contributed by atoms with Crippen LogP contribution >= 0.6 is 0 Å². The van der Waals surface area contributed by atoms with E-state index in [9.17, 15) is 0 Å². The Balaban J connectivity index is 3.16. The zero-order valence-corrected chi connectivity index (χ0v) is 6.00. The highest BCUT2D eigenvalue weighted by atomic mass is 16.5. The van der Waals surface area contributed by atoms with Crippen LogP contribution in [-0.4, -0.2) is 24.5 Å². The summed E-state index contributed by atoms with van der Waals surface area (Å²) in [4.78, 5) is 0. The van der Waals surface area contributed by atoms with Crippen LogP contribution in [-0.2, 0) is 4.74 Å². The van der Waals surface area contributed by atoms with Gasteiger partial charge < -0.3 is 15.6 Å². The summed E-state index contributed by atoms with van der Waals surface area (Å²) in [5.41, 5.74) is 5.04. The van der Waals surface area contributed by atoms with Crippen LogP contribution < -0.4 is 5.73 Å². The molecule has 9 heavy (non-hydrogen) atoms. The number of nitrogens with two attached hydrogens (primary N) is 1. The van der Waals surface area contributed by atoms with Crippen LogP contribution in [0.5, 0.6) is 0 Å². The Kier molecular flexibility index (Phi) is 4.67. The Morgan fingerprint density at radius 3 is 2.44 bits per heavy atom. The van der Waals surface area contributed by atoms with Gasteiger partial charge in [-0.1, -0.05) is 13.8 Å². The van der Waals surface area contributed by atoms with E-state index >= 15 is 0 Å². The minimum absolute atomic E-state index is 0.184. The minimum Gasteiger partial charge on any atom is -0.390 e. The van der Waals surface area contributed by atoms with Gasteiger partial charge in [0.1, 0.15) is 0 Å². The van der Waals surface area contributed by atoms with Gasteiger partial charge in [-0.25, -0.2) is 0 Å². The largest absolute Gasteiger partial charge is 0.390 e. The molecule has 0 radical (unpaired) electrons. The Bertz CT molecular complexity index is 66.1. The van der Waals surface area contributed by atoms with Gasteiger partial charge in [0.05, 0.1) is 19.4 Å². The van der Waals surface area contributed by atoms with Crippen LogP contribution in [0.2, 0.25) is 0 Å². The summed E-state index contributed by atoms with van der Waals surface area (Å²) < 4.78 is 4.78. The van der Waals surface area contributed by atoms with Crippen molar-refractivity contribution < 1.29 is 9.84 Å². The van der Waals surface area contributed by atoms with Gasteiger partial charge >= 0.3 is 0 Å². The molecule has 0 aliphatic heterocycles. The Morgan fingerprint density at radius 2 is 2.11 bits per heavy atom. The first-order valence-corrected chi connectivity index (χ1v) is 3.14. The van der Waals surface area contributed by atoms with Crippen LogP contribution in [0.25, 0.3) is 0 Å². The molecule has 0 fully saturated rings. The van der Waals surface area contributed by atoms with Crippen molar-refractivity contribution in [3.8, 4) is 0 Å². The standard InChI is InChI=1S/C6H15NO2/c1-5(2)6(8)3-9-4-7/h5-6,8H,3-4,7H2,1-2H3. The van der Waals surface area contributed by atoms with Crippen LogP contribution in [0.15, 0.2) is 0 Å². The average molecular weight is 133 g/mol. The number of aliphatic hydroxyl groups excluding tert-OH is 1. The van der Waals surface area contributed by atoms with E-state index in [1.54, 1.807) is 0 Å². The molecule has 3 N–H and O–H groups in total. The molecule has 0 aromatic rings. The molecular weight excluding hydrogens is 118 g/mol. The molecule has 0 spiro atoms. The van der Waals surface area contributed by atoms with E-state index in [1.165, 1.54) is 0 Å². The fourth-order valence-corrected chi connectivity index (χ4v) is 0.381. The van der Waals surface area contributed by atoms with E-state index in [4.69, 9.17) is 15.6 Å². The van der Waals surface area contributed by atoms with E-state index in [0.29, 0.717) is 6.61 Å². The molecule has 1 unspecified atom stereocenters. The molecule has 0 heterocycles. The van der Waals surface area contributed by atoms with Crippen molar-refractivity contribution in [2.75, 3.05) is 13.3 Å². The molecule has 3 heteroatoms. The topological polar surface area (TPSA) is 55.5 Å². The zero-order chi connectivity index (χ0) is 7.28. The molecule has 0 aromatic carbocycles. The maximum Gasteiger partial charge on any atom is 0.0941 e. The van der Waals surface area contributed by atoms with Crippen molar-refractivity contribution in [2.45, 2.75) is 20.0 Å². The van der Waals surface area contributed by atoms with Gasteiger partial charge in [0.25, 0.3) is 0 Å². The molecule has 0 rings (SSSR count). The summed E-state index contributed by atoms with van der Waals surface area (Å²) >= 11 is 0. The van der Waals surface area contributed by atoms with Gasteiger partial charge in [0, 0.05) is 0 Å². The van der Waals surface area contributed by atoms with Crippen molar-refractivity contribution >= 4 is 0 Å². The van der Waals surface area contributed by atoms with Crippen molar-refractivity contribution in [3.63, 3.8) is 0 Å². The summed E-state index contributed by atoms with van der Waals surface area (Å²) in [6, 6.07) is 0. The SMILES string of the molecule is CC(C)C(O)COCN. The highest BCUT2D eigenvalue weighted by molar-refractivity contribution is 4.56. The number of ether oxygens (including phenoxy) is 1. The highest BCUT2D eigenvalue weighted by Crippen LogP contribution is 1.99. The predicted molar refractivity (Wildman–Crippen MR) is 35.9 cm³/mol. The van der Waals surface area contributed by atoms with E-state index in [-0.39, 0.29) is 18.8 Å². The fourth-order valence-electron chi connectivity index (χ4n) is 0.381. The van der Waals surface area contributed by atoms with Gasteiger partial charge in [0.15, 0.2) is 0 Å². The minimum atomic E-state index is -0.381. The maximum absolute atomic E-state index is 9.08. The smallest absolute Gasteiger partial charge is 0.0941 e. The summed E-state index contributed by atoms with van der Waals surface area (Å²) in [6.45, 7) is 4.40. The predicted octanol–water partition coefficient (Wildman–Crippen LogP) is -0.0639. The van der Waals surface area contributed by atoms with E-state index in [2.05, 4.69) is 0 Å². The summed E-state index contributed by atoms with van der Waals surface area (Å²) in [7, 11) is 0. The number of rotatable bonds is 4. The first-order valence-electron chi connectivity index (χ1n) is 3.14. The monoisotopic (exact) mass is 133 g/mol. The average Bonchev–Trinajstić information content (AvgIpc) is 1.82. The molecule has 1 atom stereocenters. The summed E-state index contributed by atoms with van der Waals surface area (Å²) in [5, 5.41) is 9.08. The highest BCUT2D eigenvalue weighted by Gasteiger charge is 2.07. The van der Waals surface area contributed by atoms with Crippen LogP contribution in [0.3, 0.4) is 0 Å². The number of aliphatic hydroxyl groups is 1. The van der Waals surface area contributed by atoms with Crippen molar-refractivity contribution in [1.29, 1.82) is 0 Å². The van der Waals surface area contributed by atoms with Crippen molar-refractivity contribution in [2.24, 2.45) is 11.7 Å². The maximum atomic E-state index is 9.08. The third-order valence-corrected chi connectivity index (χ3v) is 1.18. The first kappa shape index (κ1) is 8.88. The lowest BCUT2D eigenvalue weighted by Crippen LogP contribution is -2.23. The second-order valence-corrected chi connectivity index (χ2v) is 2.35. The summed E-state index contributed by atoms with van der Waals surface area (Å²) in [6.07, 6.45) is -0.381. The van der Waals surface area contributed by atoms with Crippen LogP contribution in [0.1, 0.15) is 13.8 Å². The third-order valence-electron chi connectivity index (χ3n) is 1.18. The van der Waals surface area contributed by atoms with Crippen molar-refractivity contribution in [3.05, 3.63) is 0 Å². The molecule has 3 nitrogen and oxygen atoms in total. The lowest BCUT2D eigenvalue weighted by Gasteiger charge is -2.12. The molecule has 0 saturated carbocycles. The first-order chi connectivity index (χ1) is 4.18. The number of hydrogen-bond acceptors (Lipinski definition) is 3. The molecule has 0 aromatic heterocycles. The molecule has 0 amide bonds. The van der Waals surface area contributed by atoms with Gasteiger partial charge in [-0.3, -0.25) is 0 Å². The Hall–Kier alpha value is -0.120. The Morgan fingerprint density at radius 1 is 1.56 bits per heavy atom. The quantitative estimate of drug-likeness (QED) is 0.528. The zero-order valence-electron chi connectivity index (χ0n) is 6.00. The van der Waals surface area contributed by atoms with E-state index in [1.807, 2.05) is 13.8 Å². The lowest BCUT2D eigenvalue weighted by atomic mass is 10.1. The third kappa shape index (κ3) is 4.39. The van der Waals surface area contributed by atoms with Gasteiger partial charge in [-0.05, 0) is 5.92 Å². The van der Waals surface area contributed by atoms with Gasteiger partial charge in [0.2, 0.25) is 0 Å². The molecule has 0 saturated heterocycles. The van der Waals surface area contributed by atoms with E-state index < -0.39 is 0 Å². The molecule has 56 valence electrons. The molecule has 0 aliphatic carbocycles. The van der Waals surface area contributed by atoms with Crippen LogP contribution in [0.4, 0.5) is 0 Å². The second-order valence-electron chi connectivity index (χ2n) is 2.35. The normalized spacial score (nSPS) is 14.3. The fraction of sp³-hybridized carbons (Fsp3) is 1.00. The number of hydrogen-bond donors (Lipinski definition) is 2. The van der Waals surface area contributed by atoms with Crippen molar-refractivity contribution in [1.82, 2.24) is 0 Å². The van der Waals surface area contributed by atoms with E-state index in [0.717, 1.165) is 0 Å². The lowest BCUT2D eigenvalue weighted by molar-refractivity contribution is 0.0154. The molecule has 0 bridgehead atoms. The Labute approximate surface area is 55.8 Å². The molecule has 0 aliphatic rings. The summed E-state index contributed by atoms with van der Waals surface area (Å²) in [5.74, 6) is 0.247. The molecular formula is C6H15NO2. The van der Waals surface area contributed by atoms with Gasteiger partial charge in [-0.2, -0.15) is 0 Å². The van der Waals surface area contributed by atoms with Gasteiger partial charge in [-0.15, -0.1) is 0 Å². The van der Waals surface area contributed by atoms with Crippen LogP contribution in [0, 0.1) is 5.92 Å².